The molecule has 2 aromatic rings. The van der Waals surface area contributed by atoms with E-state index in [-0.39, 0.29) is 12.0 Å². The number of carboxylic acid groups (broad SMARTS) is 1. The molecule has 148 valence electrons. The second kappa shape index (κ2) is 8.22. The number of carboxylic acids is 1. The molecular formula is C19H16BrF3N2O3. The van der Waals surface area contributed by atoms with Crippen molar-refractivity contribution in [3.8, 4) is 5.88 Å². The van der Waals surface area contributed by atoms with Crippen LogP contribution in [0, 0.1) is 0 Å². The molecule has 1 aromatic carbocycles. The van der Waals surface area contributed by atoms with E-state index in [2.05, 4.69) is 20.9 Å². The van der Waals surface area contributed by atoms with Gasteiger partial charge in [-0.3, -0.25) is 0 Å². The fraction of sp³-hybridized carbons (Fsp3) is 0.263. The fourth-order valence-electron chi connectivity index (χ4n) is 2.94. The van der Waals surface area contributed by atoms with E-state index in [4.69, 9.17) is 9.84 Å². The molecule has 1 aliphatic heterocycles. The molecule has 1 N–H and O–H groups in total. The predicted molar refractivity (Wildman–Crippen MR) is 101 cm³/mol. The molecule has 1 aliphatic rings. The summed E-state index contributed by atoms with van der Waals surface area (Å²) in [6.45, 7) is 1.18. The van der Waals surface area contributed by atoms with Crippen LogP contribution in [-0.4, -0.2) is 35.3 Å². The lowest BCUT2D eigenvalue weighted by atomic mass is 10.1. The van der Waals surface area contributed by atoms with E-state index >= 15 is 0 Å². The van der Waals surface area contributed by atoms with Gasteiger partial charge in [0.2, 0.25) is 5.88 Å². The molecule has 1 saturated heterocycles. The molecular weight excluding hydrogens is 441 g/mol. The maximum Gasteiger partial charge on any atom is 0.417 e. The van der Waals surface area contributed by atoms with Gasteiger partial charge in [-0.25, -0.2) is 9.78 Å². The van der Waals surface area contributed by atoms with E-state index in [1.165, 1.54) is 12.1 Å². The summed E-state index contributed by atoms with van der Waals surface area (Å²) in [7, 11) is 0. The first-order chi connectivity index (χ1) is 13.2. The predicted octanol–water partition coefficient (Wildman–Crippen LogP) is 4.62. The van der Waals surface area contributed by atoms with Crippen molar-refractivity contribution in [2.24, 2.45) is 0 Å². The van der Waals surface area contributed by atoms with Crippen molar-refractivity contribution >= 4 is 33.7 Å². The minimum absolute atomic E-state index is 0.140. The molecule has 3 rings (SSSR count). The Bertz CT molecular complexity index is 885. The van der Waals surface area contributed by atoms with E-state index in [1.54, 1.807) is 0 Å². The van der Waals surface area contributed by atoms with Crippen LogP contribution in [-0.2, 0) is 11.0 Å². The highest BCUT2D eigenvalue weighted by molar-refractivity contribution is 9.10. The summed E-state index contributed by atoms with van der Waals surface area (Å²) in [5.41, 5.74) is 0.773. The summed E-state index contributed by atoms with van der Waals surface area (Å²) in [6, 6.07) is 7.72. The van der Waals surface area contributed by atoms with Crippen LogP contribution in [0.2, 0.25) is 0 Å². The zero-order valence-corrected chi connectivity index (χ0v) is 16.1. The van der Waals surface area contributed by atoms with Crippen LogP contribution in [0.5, 0.6) is 5.88 Å². The maximum absolute atomic E-state index is 12.6. The highest BCUT2D eigenvalue weighted by atomic mass is 79.9. The van der Waals surface area contributed by atoms with Crippen LogP contribution < -0.4 is 9.64 Å². The number of aliphatic carboxylic acids is 1. The Hall–Kier alpha value is -2.55. The van der Waals surface area contributed by atoms with Crippen molar-refractivity contribution < 1.29 is 27.8 Å². The van der Waals surface area contributed by atoms with Gasteiger partial charge in [0.15, 0.2) is 0 Å². The zero-order valence-electron chi connectivity index (χ0n) is 14.5. The van der Waals surface area contributed by atoms with Gasteiger partial charge in [0, 0.05) is 41.5 Å². The van der Waals surface area contributed by atoms with Crippen molar-refractivity contribution in [2.45, 2.75) is 18.7 Å². The molecule has 0 aliphatic carbocycles. The normalized spacial score (nSPS) is 17.3. The molecule has 9 heteroatoms. The van der Waals surface area contributed by atoms with Gasteiger partial charge in [0.1, 0.15) is 6.10 Å². The molecule has 1 unspecified atom stereocenters. The summed E-state index contributed by atoms with van der Waals surface area (Å²) in [6.07, 6.45) is -0.650. The number of benzene rings is 1. The minimum atomic E-state index is -4.43. The molecule has 0 radical (unpaired) electrons. The Morgan fingerprint density at radius 2 is 2.11 bits per heavy atom. The molecule has 0 amide bonds. The molecule has 1 atom stereocenters. The zero-order chi connectivity index (χ0) is 20.3. The van der Waals surface area contributed by atoms with Crippen molar-refractivity contribution in [1.29, 1.82) is 0 Å². The van der Waals surface area contributed by atoms with Gasteiger partial charge in [-0.2, -0.15) is 13.2 Å². The molecule has 0 spiro atoms. The first kappa shape index (κ1) is 20.2. The van der Waals surface area contributed by atoms with Gasteiger partial charge in [-0.1, -0.05) is 15.9 Å². The fourth-order valence-corrected chi connectivity index (χ4v) is 3.32. The van der Waals surface area contributed by atoms with E-state index in [9.17, 15) is 18.0 Å². The quantitative estimate of drug-likeness (QED) is 0.665. The van der Waals surface area contributed by atoms with Crippen LogP contribution in [0.1, 0.15) is 17.5 Å². The van der Waals surface area contributed by atoms with Gasteiger partial charge in [-0.05, 0) is 35.9 Å². The molecule has 1 aromatic heterocycles. The third-order valence-corrected chi connectivity index (χ3v) is 4.73. The summed E-state index contributed by atoms with van der Waals surface area (Å²) in [5, 5.41) is 8.87. The van der Waals surface area contributed by atoms with E-state index in [1.807, 2.05) is 23.1 Å². The lowest BCUT2D eigenvalue weighted by Crippen LogP contribution is -2.25. The number of aromatic nitrogens is 1. The Morgan fingerprint density at radius 3 is 2.75 bits per heavy atom. The average Bonchev–Trinajstić information content (AvgIpc) is 3.08. The Labute approximate surface area is 167 Å². The third-order valence-electron chi connectivity index (χ3n) is 4.23. The van der Waals surface area contributed by atoms with Gasteiger partial charge in [0.05, 0.1) is 12.1 Å². The van der Waals surface area contributed by atoms with Crippen LogP contribution in [0.4, 0.5) is 18.9 Å². The topological polar surface area (TPSA) is 62.7 Å². The van der Waals surface area contributed by atoms with Gasteiger partial charge in [0.25, 0.3) is 0 Å². The van der Waals surface area contributed by atoms with Crippen LogP contribution in [0.15, 0.2) is 47.1 Å². The summed E-state index contributed by atoms with van der Waals surface area (Å²) < 4.78 is 44.4. The first-order valence-electron chi connectivity index (χ1n) is 8.38. The molecule has 0 bridgehead atoms. The molecule has 0 saturated carbocycles. The average molecular weight is 457 g/mol. The molecule has 5 nitrogen and oxygen atoms in total. The molecule has 28 heavy (non-hydrogen) atoms. The number of pyridine rings is 1. The SMILES string of the molecule is O=C(O)C=Cc1cc(Br)ccc1N1CCC(Oc2ccc(C(F)(F)F)cn2)C1. The first-order valence-corrected chi connectivity index (χ1v) is 9.17. The van der Waals surface area contributed by atoms with Crippen molar-refractivity contribution in [2.75, 3.05) is 18.0 Å². The Balaban J connectivity index is 1.69. The number of carbonyl (C=O) groups is 1. The second-order valence-corrected chi connectivity index (χ2v) is 7.15. The van der Waals surface area contributed by atoms with Crippen LogP contribution in [0.25, 0.3) is 6.08 Å². The van der Waals surface area contributed by atoms with E-state index in [0.29, 0.717) is 19.5 Å². The Kier molecular flexibility index (Phi) is 5.93. The van der Waals surface area contributed by atoms with Gasteiger partial charge < -0.3 is 14.7 Å². The van der Waals surface area contributed by atoms with E-state index in [0.717, 1.165) is 34.1 Å². The highest BCUT2D eigenvalue weighted by Crippen LogP contribution is 2.31. The lowest BCUT2D eigenvalue weighted by Gasteiger charge is -2.21. The number of hydrogen-bond donors (Lipinski definition) is 1. The van der Waals surface area contributed by atoms with Gasteiger partial charge >= 0.3 is 12.1 Å². The number of anilines is 1. The smallest absolute Gasteiger partial charge is 0.417 e. The molecule has 1 fully saturated rings. The van der Waals surface area contributed by atoms with Crippen molar-refractivity contribution in [1.82, 2.24) is 4.98 Å². The monoisotopic (exact) mass is 456 g/mol. The summed E-state index contributed by atoms with van der Waals surface area (Å²) in [5.74, 6) is -0.899. The van der Waals surface area contributed by atoms with Crippen molar-refractivity contribution in [3.05, 3.63) is 58.2 Å². The van der Waals surface area contributed by atoms with Crippen molar-refractivity contribution in [3.63, 3.8) is 0 Å². The standard InChI is InChI=1S/C19H16BrF3N2O3/c20-14-3-4-16(12(9-14)1-6-18(26)27)25-8-7-15(11-25)28-17-5-2-13(10-24-17)19(21,22)23/h1-6,9-10,15H,7-8,11H2,(H,26,27). The molecule has 2 heterocycles. The minimum Gasteiger partial charge on any atom is -0.478 e. The number of hydrogen-bond acceptors (Lipinski definition) is 4. The number of halogens is 4. The summed E-state index contributed by atoms with van der Waals surface area (Å²) >= 11 is 3.37. The second-order valence-electron chi connectivity index (χ2n) is 6.23. The van der Waals surface area contributed by atoms with Crippen LogP contribution in [0.3, 0.4) is 0 Å². The maximum atomic E-state index is 12.6. The summed E-state index contributed by atoms with van der Waals surface area (Å²) in [4.78, 5) is 16.6. The lowest BCUT2D eigenvalue weighted by molar-refractivity contribution is -0.138. The third kappa shape index (κ3) is 5.03. The number of rotatable bonds is 5. The Morgan fingerprint density at radius 1 is 1.32 bits per heavy atom. The number of alkyl halides is 3. The largest absolute Gasteiger partial charge is 0.478 e. The van der Waals surface area contributed by atoms with E-state index < -0.39 is 17.7 Å². The number of nitrogens with zero attached hydrogens (tertiary/aromatic N) is 2. The number of ether oxygens (including phenoxy) is 1. The highest BCUT2D eigenvalue weighted by Gasteiger charge is 2.31. The van der Waals surface area contributed by atoms with Gasteiger partial charge in [-0.15, -0.1) is 0 Å². The van der Waals surface area contributed by atoms with Crippen LogP contribution >= 0.6 is 15.9 Å².